The normalized spacial score (nSPS) is 21.5. The molecule has 72 valence electrons. The number of rotatable bonds is 2. The van der Waals surface area contributed by atoms with E-state index in [0.29, 0.717) is 6.04 Å². The molecule has 0 aliphatic heterocycles. The first-order chi connectivity index (χ1) is 6.35. The number of aryl methyl sites for hydroxylation is 1. The predicted molar refractivity (Wildman–Crippen MR) is 52.8 cm³/mol. The summed E-state index contributed by atoms with van der Waals surface area (Å²) in [6, 6.07) is 0.403. The number of hydrogen-bond acceptors (Lipinski definition) is 4. The number of nitrogens with one attached hydrogen (secondary N) is 1. The van der Waals surface area contributed by atoms with Gasteiger partial charge in [0.1, 0.15) is 5.01 Å². The molecular weight excluding hydrogens is 184 g/mol. The quantitative estimate of drug-likeness (QED) is 0.751. The van der Waals surface area contributed by atoms with Crippen molar-refractivity contribution in [2.45, 2.75) is 31.9 Å². The van der Waals surface area contributed by atoms with Gasteiger partial charge in [-0.3, -0.25) is 0 Å². The highest BCUT2D eigenvalue weighted by Crippen LogP contribution is 2.32. The Balaban J connectivity index is 2.32. The summed E-state index contributed by atoms with van der Waals surface area (Å²) in [4.78, 5) is 5.78. The number of aliphatic hydroxyl groups excluding tert-OH is 1. The molecule has 0 fully saturated rings. The zero-order valence-corrected chi connectivity index (χ0v) is 8.52. The number of nitrogens with zero attached hydrogens (tertiary/aromatic N) is 1. The molecule has 0 amide bonds. The van der Waals surface area contributed by atoms with Gasteiger partial charge in [0.15, 0.2) is 0 Å². The Morgan fingerprint density at radius 1 is 1.69 bits per heavy atom. The average Bonchev–Trinajstić information content (AvgIpc) is 2.59. The van der Waals surface area contributed by atoms with E-state index in [2.05, 4.69) is 10.3 Å². The van der Waals surface area contributed by atoms with E-state index in [0.717, 1.165) is 17.8 Å². The largest absolute Gasteiger partial charge is 0.389 e. The number of fused-ring (bicyclic) bond motifs is 1. The molecule has 1 heterocycles. The van der Waals surface area contributed by atoms with Crippen LogP contribution in [0.25, 0.3) is 0 Å². The van der Waals surface area contributed by atoms with E-state index in [1.54, 1.807) is 11.3 Å². The van der Waals surface area contributed by atoms with Crippen molar-refractivity contribution in [1.82, 2.24) is 10.3 Å². The summed E-state index contributed by atoms with van der Waals surface area (Å²) in [5.41, 5.74) is 1.17. The minimum Gasteiger partial charge on any atom is -0.389 e. The maximum Gasteiger partial charge on any atom is 0.119 e. The zero-order valence-electron chi connectivity index (χ0n) is 7.71. The third-order valence-corrected chi connectivity index (χ3v) is 3.60. The Labute approximate surface area is 81.8 Å². The fourth-order valence-electron chi connectivity index (χ4n) is 1.82. The SMILES string of the molecule is CNC1CCCc2sc(CO)nc21. The van der Waals surface area contributed by atoms with Gasteiger partial charge >= 0.3 is 0 Å². The maximum absolute atomic E-state index is 8.97. The van der Waals surface area contributed by atoms with E-state index in [4.69, 9.17) is 5.11 Å². The lowest BCUT2D eigenvalue weighted by molar-refractivity contribution is 0.280. The van der Waals surface area contributed by atoms with Crippen molar-refractivity contribution in [1.29, 1.82) is 0 Å². The first-order valence-electron chi connectivity index (χ1n) is 4.61. The number of hydrogen-bond donors (Lipinski definition) is 2. The molecule has 0 spiro atoms. The lowest BCUT2D eigenvalue weighted by Gasteiger charge is -2.19. The molecule has 1 aliphatic rings. The van der Waals surface area contributed by atoms with Gasteiger partial charge in [-0.1, -0.05) is 0 Å². The van der Waals surface area contributed by atoms with Gasteiger partial charge in [-0.25, -0.2) is 4.98 Å². The van der Waals surface area contributed by atoms with Crippen LogP contribution in [0.3, 0.4) is 0 Å². The molecule has 0 radical (unpaired) electrons. The minimum atomic E-state index is 0.0775. The van der Waals surface area contributed by atoms with Crippen LogP contribution in [0.1, 0.15) is 34.5 Å². The summed E-state index contributed by atoms with van der Waals surface area (Å²) in [6.45, 7) is 0.0775. The second-order valence-corrected chi connectivity index (χ2v) is 4.48. The lowest BCUT2D eigenvalue weighted by atomic mass is 9.98. The Bertz CT molecular complexity index is 298. The van der Waals surface area contributed by atoms with Gasteiger partial charge in [-0.05, 0) is 26.3 Å². The van der Waals surface area contributed by atoms with Crippen molar-refractivity contribution < 1.29 is 5.11 Å². The topological polar surface area (TPSA) is 45.1 Å². The second-order valence-electron chi connectivity index (χ2n) is 3.31. The van der Waals surface area contributed by atoms with Crippen LogP contribution < -0.4 is 5.32 Å². The van der Waals surface area contributed by atoms with Crippen molar-refractivity contribution in [2.75, 3.05) is 7.05 Å². The third kappa shape index (κ3) is 1.61. The molecule has 1 aromatic rings. The van der Waals surface area contributed by atoms with Gasteiger partial charge in [0, 0.05) is 4.88 Å². The van der Waals surface area contributed by atoms with E-state index < -0.39 is 0 Å². The second kappa shape index (κ2) is 3.74. The van der Waals surface area contributed by atoms with E-state index in [1.807, 2.05) is 7.05 Å². The van der Waals surface area contributed by atoms with Crippen LogP contribution in [0.2, 0.25) is 0 Å². The fourth-order valence-corrected chi connectivity index (χ4v) is 2.85. The van der Waals surface area contributed by atoms with Gasteiger partial charge in [0.2, 0.25) is 0 Å². The molecule has 0 saturated carbocycles. The van der Waals surface area contributed by atoms with Crippen LogP contribution >= 0.6 is 11.3 Å². The third-order valence-electron chi connectivity index (χ3n) is 2.48. The Morgan fingerprint density at radius 2 is 2.54 bits per heavy atom. The zero-order chi connectivity index (χ0) is 9.26. The van der Waals surface area contributed by atoms with Crippen LogP contribution in [0.15, 0.2) is 0 Å². The van der Waals surface area contributed by atoms with Crippen molar-refractivity contribution in [3.05, 3.63) is 15.6 Å². The molecule has 1 unspecified atom stereocenters. The fraction of sp³-hybridized carbons (Fsp3) is 0.667. The molecule has 4 heteroatoms. The van der Waals surface area contributed by atoms with Gasteiger partial charge in [-0.2, -0.15) is 0 Å². The monoisotopic (exact) mass is 198 g/mol. The van der Waals surface area contributed by atoms with E-state index >= 15 is 0 Å². The molecule has 1 aliphatic carbocycles. The Hall–Kier alpha value is -0.450. The smallest absolute Gasteiger partial charge is 0.119 e. The van der Waals surface area contributed by atoms with Crippen molar-refractivity contribution >= 4 is 11.3 Å². The number of thiazole rings is 1. The summed E-state index contributed by atoms with van der Waals surface area (Å²) >= 11 is 1.65. The summed E-state index contributed by atoms with van der Waals surface area (Å²) < 4.78 is 0. The molecular formula is C9H14N2OS. The lowest BCUT2D eigenvalue weighted by Crippen LogP contribution is -2.21. The summed E-state index contributed by atoms with van der Waals surface area (Å²) in [6.07, 6.45) is 3.52. The molecule has 0 saturated heterocycles. The number of aliphatic hydroxyl groups is 1. The standard InChI is InChI=1S/C9H14N2OS/c1-10-6-3-2-4-7-9(6)11-8(5-12)13-7/h6,10,12H,2-5H2,1H3. The van der Waals surface area contributed by atoms with Crippen LogP contribution in [-0.4, -0.2) is 17.1 Å². The van der Waals surface area contributed by atoms with E-state index in [1.165, 1.54) is 17.0 Å². The van der Waals surface area contributed by atoms with Crippen molar-refractivity contribution in [3.8, 4) is 0 Å². The molecule has 13 heavy (non-hydrogen) atoms. The number of aromatic nitrogens is 1. The van der Waals surface area contributed by atoms with Crippen LogP contribution in [0.4, 0.5) is 0 Å². The highest BCUT2D eigenvalue weighted by molar-refractivity contribution is 7.11. The molecule has 3 nitrogen and oxygen atoms in total. The molecule has 2 rings (SSSR count). The maximum atomic E-state index is 8.97. The molecule has 0 bridgehead atoms. The van der Waals surface area contributed by atoms with Crippen molar-refractivity contribution in [2.24, 2.45) is 0 Å². The first-order valence-corrected chi connectivity index (χ1v) is 5.43. The molecule has 2 N–H and O–H groups in total. The van der Waals surface area contributed by atoms with Crippen LogP contribution in [0.5, 0.6) is 0 Å². The average molecular weight is 198 g/mol. The Morgan fingerprint density at radius 3 is 3.23 bits per heavy atom. The molecule has 1 aromatic heterocycles. The Kier molecular flexibility index (Phi) is 2.62. The highest BCUT2D eigenvalue weighted by atomic mass is 32.1. The van der Waals surface area contributed by atoms with E-state index in [9.17, 15) is 0 Å². The van der Waals surface area contributed by atoms with Gasteiger partial charge in [-0.15, -0.1) is 11.3 Å². The molecule has 0 aromatic carbocycles. The first kappa shape index (κ1) is 9.12. The van der Waals surface area contributed by atoms with Gasteiger partial charge in [0.05, 0.1) is 18.3 Å². The van der Waals surface area contributed by atoms with Gasteiger partial charge < -0.3 is 10.4 Å². The van der Waals surface area contributed by atoms with Gasteiger partial charge in [0.25, 0.3) is 0 Å². The predicted octanol–water partition coefficient (Wildman–Crippen LogP) is 1.23. The summed E-state index contributed by atoms with van der Waals surface area (Å²) in [5.74, 6) is 0. The van der Waals surface area contributed by atoms with Crippen LogP contribution in [0, 0.1) is 0 Å². The highest BCUT2D eigenvalue weighted by Gasteiger charge is 2.22. The van der Waals surface area contributed by atoms with Crippen molar-refractivity contribution in [3.63, 3.8) is 0 Å². The molecule has 1 atom stereocenters. The minimum absolute atomic E-state index is 0.0775. The van der Waals surface area contributed by atoms with E-state index in [-0.39, 0.29) is 6.61 Å². The van der Waals surface area contributed by atoms with Crippen LogP contribution in [-0.2, 0) is 13.0 Å². The summed E-state index contributed by atoms with van der Waals surface area (Å²) in [5, 5.41) is 13.1. The summed E-state index contributed by atoms with van der Waals surface area (Å²) in [7, 11) is 1.97.